The Hall–Kier alpha value is -2.20. The van der Waals surface area contributed by atoms with Crippen LogP contribution < -0.4 is 4.90 Å². The van der Waals surface area contributed by atoms with Crippen LogP contribution in [0.3, 0.4) is 0 Å². The van der Waals surface area contributed by atoms with Gasteiger partial charge in [0.1, 0.15) is 11.5 Å². The van der Waals surface area contributed by atoms with Gasteiger partial charge in [-0.05, 0) is 60.7 Å². The number of phenols is 2. The highest BCUT2D eigenvalue weighted by Crippen LogP contribution is 2.48. The van der Waals surface area contributed by atoms with Crippen LogP contribution in [0.2, 0.25) is 5.02 Å². The van der Waals surface area contributed by atoms with Crippen molar-refractivity contribution in [2.75, 3.05) is 11.4 Å². The molecule has 4 nitrogen and oxygen atoms in total. The van der Waals surface area contributed by atoms with E-state index in [1.807, 2.05) is 20.8 Å². The third-order valence-electron chi connectivity index (χ3n) is 4.71. The molecule has 0 saturated heterocycles. The molecule has 0 bridgehead atoms. The third kappa shape index (κ3) is 2.85. The third-order valence-corrected chi connectivity index (χ3v) is 5.00. The lowest BCUT2D eigenvalue weighted by Crippen LogP contribution is -2.26. The minimum atomic E-state index is -0.0205. The van der Waals surface area contributed by atoms with Gasteiger partial charge in [0.05, 0.1) is 22.7 Å². The Morgan fingerprint density at radius 3 is 2.32 bits per heavy atom. The fourth-order valence-electron chi connectivity index (χ4n) is 3.71. The first-order valence-corrected chi connectivity index (χ1v) is 8.94. The van der Waals surface area contributed by atoms with Crippen molar-refractivity contribution in [3.05, 3.63) is 39.9 Å². The van der Waals surface area contributed by atoms with Gasteiger partial charge in [-0.2, -0.15) is 0 Å². The van der Waals surface area contributed by atoms with Crippen LogP contribution in [0.25, 0.3) is 11.1 Å². The average Bonchev–Trinajstić information content (AvgIpc) is 2.86. The standard InChI is InChI=1S/C20H22ClNO3/c1-4-6-12-8-15(23)19(16(24)9-12)18-11(3)7-14(21)20-13(18)10-17(25)22(20)5-2/h7-9,23-24H,4-6,10H2,1-3H3. The molecule has 0 atom stereocenters. The highest BCUT2D eigenvalue weighted by Gasteiger charge is 2.33. The maximum atomic E-state index is 12.4. The zero-order valence-corrected chi connectivity index (χ0v) is 15.4. The Balaban J connectivity index is 2.27. The number of aromatic hydroxyl groups is 2. The van der Waals surface area contributed by atoms with Gasteiger partial charge in [-0.15, -0.1) is 0 Å². The monoisotopic (exact) mass is 359 g/mol. The number of carbonyl (C=O) groups excluding carboxylic acids is 1. The van der Waals surface area contributed by atoms with Crippen LogP contribution in [0, 0.1) is 6.92 Å². The number of hydrogen-bond donors (Lipinski definition) is 2. The number of benzene rings is 2. The molecule has 1 amide bonds. The van der Waals surface area contributed by atoms with E-state index in [0.29, 0.717) is 28.4 Å². The first kappa shape index (κ1) is 17.6. The Morgan fingerprint density at radius 1 is 1.12 bits per heavy atom. The number of carbonyl (C=O) groups is 1. The number of halogens is 1. The van der Waals surface area contributed by atoms with Crippen LogP contribution in [0.1, 0.15) is 37.0 Å². The number of nitrogens with zero attached hydrogens (tertiary/aromatic N) is 1. The largest absolute Gasteiger partial charge is 0.507 e. The smallest absolute Gasteiger partial charge is 0.231 e. The van der Waals surface area contributed by atoms with Crippen molar-refractivity contribution in [3.8, 4) is 22.6 Å². The first-order valence-electron chi connectivity index (χ1n) is 8.56. The lowest BCUT2D eigenvalue weighted by Gasteiger charge is -2.20. The van der Waals surface area contributed by atoms with Gasteiger partial charge in [0.15, 0.2) is 0 Å². The lowest BCUT2D eigenvalue weighted by molar-refractivity contribution is -0.117. The van der Waals surface area contributed by atoms with Gasteiger partial charge in [0, 0.05) is 6.54 Å². The van der Waals surface area contributed by atoms with Crippen LogP contribution in [-0.2, 0) is 17.6 Å². The molecular weight excluding hydrogens is 338 g/mol. The number of phenolic OH excluding ortho intramolecular Hbond substituents is 2. The van der Waals surface area contributed by atoms with E-state index in [2.05, 4.69) is 0 Å². The number of hydrogen-bond acceptors (Lipinski definition) is 3. The molecule has 1 aliphatic rings. The van der Waals surface area contributed by atoms with Crippen LogP contribution in [0.5, 0.6) is 11.5 Å². The molecule has 0 radical (unpaired) electrons. The molecule has 1 heterocycles. The molecule has 0 aliphatic carbocycles. The van der Waals surface area contributed by atoms with E-state index in [9.17, 15) is 15.0 Å². The number of likely N-dealkylation sites (N-methyl/N-ethyl adjacent to an activating group) is 1. The molecule has 25 heavy (non-hydrogen) atoms. The lowest BCUT2D eigenvalue weighted by atomic mass is 9.91. The Morgan fingerprint density at radius 2 is 1.76 bits per heavy atom. The summed E-state index contributed by atoms with van der Waals surface area (Å²) in [5, 5.41) is 21.7. The number of aryl methyl sites for hydroxylation is 2. The van der Waals surface area contributed by atoms with Crippen molar-refractivity contribution in [1.29, 1.82) is 0 Å². The normalized spacial score (nSPS) is 13.4. The number of fused-ring (bicyclic) bond motifs is 1. The fourth-order valence-corrected chi connectivity index (χ4v) is 4.09. The van der Waals surface area contributed by atoms with Crippen molar-refractivity contribution in [2.45, 2.75) is 40.0 Å². The summed E-state index contributed by atoms with van der Waals surface area (Å²) >= 11 is 6.40. The van der Waals surface area contributed by atoms with Gasteiger partial charge in [0.2, 0.25) is 5.91 Å². The van der Waals surface area contributed by atoms with Crippen molar-refractivity contribution >= 4 is 23.2 Å². The van der Waals surface area contributed by atoms with Gasteiger partial charge >= 0.3 is 0 Å². The van der Waals surface area contributed by atoms with Gasteiger partial charge < -0.3 is 15.1 Å². The van der Waals surface area contributed by atoms with E-state index in [4.69, 9.17) is 11.6 Å². The summed E-state index contributed by atoms with van der Waals surface area (Å²) in [6, 6.07) is 5.16. The second-order valence-corrected chi connectivity index (χ2v) is 6.86. The van der Waals surface area contributed by atoms with Crippen molar-refractivity contribution in [3.63, 3.8) is 0 Å². The van der Waals surface area contributed by atoms with Crippen LogP contribution in [0.4, 0.5) is 5.69 Å². The van der Waals surface area contributed by atoms with Crippen molar-refractivity contribution in [1.82, 2.24) is 0 Å². The molecule has 0 unspecified atom stereocenters. The summed E-state index contributed by atoms with van der Waals surface area (Å²) in [7, 11) is 0. The summed E-state index contributed by atoms with van der Waals surface area (Å²) in [4.78, 5) is 14.0. The quantitative estimate of drug-likeness (QED) is 0.839. The van der Waals surface area contributed by atoms with E-state index in [1.54, 1.807) is 23.1 Å². The van der Waals surface area contributed by atoms with Crippen LogP contribution in [0.15, 0.2) is 18.2 Å². The Kier molecular flexibility index (Phi) is 4.65. The van der Waals surface area contributed by atoms with Gasteiger partial charge in [-0.3, -0.25) is 4.79 Å². The summed E-state index contributed by atoms with van der Waals surface area (Å²) in [6.45, 7) is 6.35. The Bertz CT molecular complexity index is 838. The van der Waals surface area contributed by atoms with Crippen LogP contribution >= 0.6 is 11.6 Å². The zero-order valence-electron chi connectivity index (χ0n) is 14.7. The SMILES string of the molecule is CCCc1cc(O)c(-c2c(C)cc(Cl)c3c2CC(=O)N3CC)c(O)c1. The van der Waals surface area contributed by atoms with Gasteiger partial charge in [-0.25, -0.2) is 0 Å². The molecule has 0 fully saturated rings. The molecule has 3 rings (SSSR count). The van der Waals surface area contributed by atoms with E-state index in [-0.39, 0.29) is 23.8 Å². The molecule has 5 heteroatoms. The van der Waals surface area contributed by atoms with Gasteiger partial charge in [0.25, 0.3) is 0 Å². The van der Waals surface area contributed by atoms with E-state index >= 15 is 0 Å². The number of anilines is 1. The molecule has 2 aromatic carbocycles. The minimum absolute atomic E-state index is 0.0205. The molecule has 132 valence electrons. The summed E-state index contributed by atoms with van der Waals surface area (Å²) < 4.78 is 0. The highest BCUT2D eigenvalue weighted by atomic mass is 35.5. The van der Waals surface area contributed by atoms with Crippen molar-refractivity contribution in [2.24, 2.45) is 0 Å². The summed E-state index contributed by atoms with van der Waals surface area (Å²) in [6.07, 6.45) is 1.92. The minimum Gasteiger partial charge on any atom is -0.507 e. The maximum absolute atomic E-state index is 12.4. The second-order valence-electron chi connectivity index (χ2n) is 6.45. The van der Waals surface area contributed by atoms with E-state index in [0.717, 1.165) is 29.5 Å². The number of amides is 1. The Labute approximate surface area is 152 Å². The van der Waals surface area contributed by atoms with Crippen molar-refractivity contribution < 1.29 is 15.0 Å². The molecule has 1 aliphatic heterocycles. The highest BCUT2D eigenvalue weighted by molar-refractivity contribution is 6.35. The maximum Gasteiger partial charge on any atom is 0.231 e. The molecule has 0 aromatic heterocycles. The van der Waals surface area contributed by atoms with E-state index in [1.165, 1.54) is 0 Å². The van der Waals surface area contributed by atoms with E-state index < -0.39 is 0 Å². The van der Waals surface area contributed by atoms with Gasteiger partial charge in [-0.1, -0.05) is 24.9 Å². The topological polar surface area (TPSA) is 60.8 Å². The predicted molar refractivity (Wildman–Crippen MR) is 101 cm³/mol. The molecule has 0 spiro atoms. The second kappa shape index (κ2) is 6.60. The first-order chi connectivity index (χ1) is 11.9. The molecule has 2 N–H and O–H groups in total. The average molecular weight is 360 g/mol. The summed E-state index contributed by atoms with van der Waals surface area (Å²) in [5.74, 6) is 0.0322. The van der Waals surface area contributed by atoms with Crippen LogP contribution in [-0.4, -0.2) is 22.7 Å². The molecular formula is C20H22ClNO3. The zero-order chi connectivity index (χ0) is 18.3. The number of rotatable bonds is 4. The fraction of sp³-hybridized carbons (Fsp3) is 0.350. The molecule has 2 aromatic rings. The predicted octanol–water partition coefficient (Wildman–Crippen LogP) is 4.59. The summed E-state index contributed by atoms with van der Waals surface area (Å²) in [5.41, 5.74) is 4.23. The molecule has 0 saturated carbocycles.